The number of nitrogens with zero attached hydrogens (tertiary/aromatic N) is 1. The summed E-state index contributed by atoms with van der Waals surface area (Å²) in [5, 5.41) is 7.14. The van der Waals surface area contributed by atoms with Crippen molar-refractivity contribution < 1.29 is 28.3 Å². The molecule has 0 aliphatic carbocycles. The number of alkyl halides is 1. The Morgan fingerprint density at radius 1 is 1.39 bits per heavy atom. The number of carbonyl (C=O) groups excluding carboxylic acids is 3. The maximum absolute atomic E-state index is 14.8. The van der Waals surface area contributed by atoms with E-state index in [1.54, 1.807) is 35.6 Å². The normalized spacial score (nSPS) is 24.0. The van der Waals surface area contributed by atoms with Gasteiger partial charge in [-0.25, -0.2) is 14.0 Å². The zero-order valence-corrected chi connectivity index (χ0v) is 12.1. The molecular weight excluding hydrogens is 309 g/mol. The fraction of sp³-hybridized carbons (Fsp3) is 0.286. The highest BCUT2D eigenvalue weighted by Crippen LogP contribution is 2.23. The summed E-state index contributed by atoms with van der Waals surface area (Å²) < 4.78 is 19.3. The van der Waals surface area contributed by atoms with Crippen molar-refractivity contribution >= 4 is 24.1 Å². The van der Waals surface area contributed by atoms with Gasteiger partial charge in [0, 0.05) is 0 Å². The van der Waals surface area contributed by atoms with Gasteiger partial charge in [-0.3, -0.25) is 15.4 Å². The van der Waals surface area contributed by atoms with Crippen molar-refractivity contribution in [3.8, 4) is 0 Å². The number of rotatable bonds is 5. The standard InChI is InChI=1S/C14H14FN3O5/c1-2-22-12(20)14(15)10(19)17-13(21)18-11(14)23-16-8-9-6-4-3-5-7-9/h3-8,11H,2H2,1H3,(H2,17,18,19,21). The van der Waals surface area contributed by atoms with Crippen molar-refractivity contribution in [1.29, 1.82) is 0 Å². The molecule has 122 valence electrons. The number of esters is 1. The van der Waals surface area contributed by atoms with E-state index in [9.17, 15) is 18.8 Å². The molecule has 23 heavy (non-hydrogen) atoms. The van der Waals surface area contributed by atoms with Gasteiger partial charge in [0.15, 0.2) is 0 Å². The number of oxime groups is 1. The summed E-state index contributed by atoms with van der Waals surface area (Å²) >= 11 is 0. The number of nitrogens with one attached hydrogen (secondary N) is 2. The van der Waals surface area contributed by atoms with Crippen LogP contribution in [0.2, 0.25) is 0 Å². The maximum atomic E-state index is 14.8. The minimum atomic E-state index is -3.24. The molecule has 9 heteroatoms. The van der Waals surface area contributed by atoms with Crippen LogP contribution in [0.1, 0.15) is 12.5 Å². The first-order valence-corrected chi connectivity index (χ1v) is 6.70. The molecule has 1 heterocycles. The van der Waals surface area contributed by atoms with Crippen molar-refractivity contribution in [2.24, 2.45) is 5.16 Å². The van der Waals surface area contributed by atoms with Gasteiger partial charge in [0.25, 0.3) is 12.1 Å². The molecule has 0 radical (unpaired) electrons. The summed E-state index contributed by atoms with van der Waals surface area (Å²) in [5.41, 5.74) is -2.60. The molecule has 1 saturated heterocycles. The van der Waals surface area contributed by atoms with Crippen LogP contribution < -0.4 is 10.6 Å². The molecule has 1 aliphatic rings. The van der Waals surface area contributed by atoms with E-state index in [1.807, 2.05) is 5.32 Å². The number of hydrogen-bond donors (Lipinski definition) is 2. The van der Waals surface area contributed by atoms with Crippen molar-refractivity contribution in [3.63, 3.8) is 0 Å². The van der Waals surface area contributed by atoms with Crippen LogP contribution in [0, 0.1) is 0 Å². The Morgan fingerprint density at radius 2 is 2.09 bits per heavy atom. The van der Waals surface area contributed by atoms with E-state index in [2.05, 4.69) is 9.89 Å². The zero-order valence-electron chi connectivity index (χ0n) is 12.1. The van der Waals surface area contributed by atoms with E-state index in [-0.39, 0.29) is 6.61 Å². The molecule has 1 fully saturated rings. The van der Waals surface area contributed by atoms with Crippen LogP contribution in [0.15, 0.2) is 35.5 Å². The number of hydrogen-bond acceptors (Lipinski definition) is 6. The molecule has 0 saturated carbocycles. The van der Waals surface area contributed by atoms with Crippen molar-refractivity contribution in [3.05, 3.63) is 35.9 Å². The molecule has 2 rings (SSSR count). The van der Waals surface area contributed by atoms with Gasteiger partial charge in [-0.05, 0) is 12.5 Å². The Kier molecular flexibility index (Phi) is 4.89. The van der Waals surface area contributed by atoms with E-state index >= 15 is 0 Å². The van der Waals surface area contributed by atoms with E-state index in [4.69, 9.17) is 4.84 Å². The largest absolute Gasteiger partial charge is 0.463 e. The molecule has 1 aromatic rings. The molecule has 8 nitrogen and oxygen atoms in total. The average molecular weight is 323 g/mol. The molecule has 2 N–H and O–H groups in total. The summed E-state index contributed by atoms with van der Waals surface area (Å²) in [7, 11) is 0. The molecule has 1 aromatic carbocycles. The van der Waals surface area contributed by atoms with Crippen LogP contribution in [0.25, 0.3) is 0 Å². The molecular formula is C14H14FN3O5. The van der Waals surface area contributed by atoms with E-state index in [0.29, 0.717) is 5.56 Å². The van der Waals surface area contributed by atoms with Crippen LogP contribution >= 0.6 is 0 Å². The topological polar surface area (TPSA) is 106 Å². The number of ether oxygens (including phenoxy) is 1. The molecule has 0 bridgehead atoms. The highest BCUT2D eigenvalue weighted by molar-refractivity contribution is 6.14. The van der Waals surface area contributed by atoms with Gasteiger partial charge in [0.1, 0.15) is 0 Å². The second-order valence-corrected chi connectivity index (χ2v) is 4.49. The highest BCUT2D eigenvalue weighted by atomic mass is 19.1. The lowest BCUT2D eigenvalue weighted by Crippen LogP contribution is -2.70. The Bertz CT molecular complexity index is 637. The predicted octanol–water partition coefficient (Wildman–Crippen LogP) is 0.474. The lowest BCUT2D eigenvalue weighted by atomic mass is 10.0. The predicted molar refractivity (Wildman–Crippen MR) is 76.1 cm³/mol. The SMILES string of the molecule is CCOC(=O)C1(F)C(=O)NC(=O)NC1ON=Cc1ccccc1. The summed E-state index contributed by atoms with van der Waals surface area (Å²) in [5.74, 6) is -2.95. The van der Waals surface area contributed by atoms with Crippen LogP contribution in [0.5, 0.6) is 0 Å². The number of benzene rings is 1. The average Bonchev–Trinajstić information content (AvgIpc) is 2.53. The smallest absolute Gasteiger partial charge is 0.360 e. The summed E-state index contributed by atoms with van der Waals surface area (Å²) in [6, 6.07) is 7.68. The van der Waals surface area contributed by atoms with Gasteiger partial charge in [-0.1, -0.05) is 35.5 Å². The first-order valence-electron chi connectivity index (χ1n) is 6.70. The van der Waals surface area contributed by atoms with Crippen LogP contribution in [0.3, 0.4) is 0 Å². The van der Waals surface area contributed by atoms with Crippen LogP contribution in [-0.2, 0) is 19.2 Å². The summed E-state index contributed by atoms with van der Waals surface area (Å²) in [6.45, 7) is 1.30. The Hall–Kier alpha value is -2.97. The Balaban J connectivity index is 2.18. The molecule has 1 aliphatic heterocycles. The Morgan fingerprint density at radius 3 is 2.74 bits per heavy atom. The third kappa shape index (κ3) is 3.44. The van der Waals surface area contributed by atoms with Crippen LogP contribution in [-0.4, -0.2) is 42.6 Å². The number of carbonyl (C=O) groups is 3. The van der Waals surface area contributed by atoms with E-state index in [0.717, 1.165) is 0 Å². The fourth-order valence-corrected chi connectivity index (χ4v) is 1.79. The number of imide groups is 1. The first-order chi connectivity index (χ1) is 11.0. The van der Waals surface area contributed by atoms with Gasteiger partial charge < -0.3 is 9.57 Å². The van der Waals surface area contributed by atoms with Crippen molar-refractivity contribution in [1.82, 2.24) is 10.6 Å². The third-order valence-corrected chi connectivity index (χ3v) is 2.92. The maximum Gasteiger partial charge on any atom is 0.360 e. The third-order valence-electron chi connectivity index (χ3n) is 2.92. The molecule has 3 amide bonds. The minimum absolute atomic E-state index is 0.147. The number of amides is 3. The Labute approximate surface area is 130 Å². The summed E-state index contributed by atoms with van der Waals surface area (Å²) in [6.07, 6.45) is -0.702. The van der Waals surface area contributed by atoms with Crippen molar-refractivity contribution in [2.45, 2.75) is 18.8 Å². The lowest BCUT2D eigenvalue weighted by molar-refractivity contribution is -0.179. The summed E-state index contributed by atoms with van der Waals surface area (Å²) in [4.78, 5) is 39.5. The molecule has 2 atom stereocenters. The zero-order chi connectivity index (χ0) is 16.9. The molecule has 0 spiro atoms. The quantitative estimate of drug-likeness (QED) is 0.355. The molecule has 2 unspecified atom stereocenters. The van der Waals surface area contributed by atoms with Gasteiger partial charge in [0.2, 0.25) is 0 Å². The first kappa shape index (κ1) is 16.4. The number of halogens is 1. The van der Waals surface area contributed by atoms with Gasteiger partial charge in [0.05, 0.1) is 12.8 Å². The van der Waals surface area contributed by atoms with Crippen molar-refractivity contribution in [2.75, 3.05) is 6.61 Å². The monoisotopic (exact) mass is 323 g/mol. The lowest BCUT2D eigenvalue weighted by Gasteiger charge is -2.32. The second kappa shape index (κ2) is 6.86. The minimum Gasteiger partial charge on any atom is -0.463 e. The fourth-order valence-electron chi connectivity index (χ4n) is 1.79. The number of urea groups is 1. The van der Waals surface area contributed by atoms with Crippen LogP contribution in [0.4, 0.5) is 9.18 Å². The van der Waals surface area contributed by atoms with E-state index in [1.165, 1.54) is 13.1 Å². The highest BCUT2D eigenvalue weighted by Gasteiger charge is 2.61. The van der Waals surface area contributed by atoms with Gasteiger partial charge in [-0.15, -0.1) is 0 Å². The van der Waals surface area contributed by atoms with Gasteiger partial charge in [-0.2, -0.15) is 0 Å². The van der Waals surface area contributed by atoms with Gasteiger partial charge >= 0.3 is 17.7 Å². The second-order valence-electron chi connectivity index (χ2n) is 4.49. The molecule has 0 aromatic heterocycles. The van der Waals surface area contributed by atoms with E-state index < -0.39 is 29.8 Å².